The Morgan fingerprint density at radius 2 is 1.59 bits per heavy atom. The smallest absolute Gasteiger partial charge is 0.257 e. The fourth-order valence-electron chi connectivity index (χ4n) is 5.38. The van der Waals surface area contributed by atoms with Crippen LogP contribution in [0, 0.1) is 20.8 Å². The predicted molar refractivity (Wildman–Crippen MR) is 137 cm³/mol. The van der Waals surface area contributed by atoms with E-state index in [0.717, 1.165) is 69.1 Å². The van der Waals surface area contributed by atoms with Crippen LogP contribution in [-0.4, -0.2) is 59.9 Å². The van der Waals surface area contributed by atoms with Gasteiger partial charge in [-0.3, -0.25) is 4.79 Å². The van der Waals surface area contributed by atoms with Gasteiger partial charge in [0.25, 0.3) is 5.91 Å². The number of piperidine rings is 1. The quantitative estimate of drug-likeness (QED) is 0.637. The van der Waals surface area contributed by atoms with Gasteiger partial charge in [0.15, 0.2) is 0 Å². The zero-order valence-electron chi connectivity index (χ0n) is 20.6. The maximum absolute atomic E-state index is 13.8. The maximum Gasteiger partial charge on any atom is 0.257 e. The second-order valence-electron chi connectivity index (χ2n) is 9.78. The van der Waals surface area contributed by atoms with E-state index in [2.05, 4.69) is 73.5 Å². The van der Waals surface area contributed by atoms with Crippen LogP contribution in [0.5, 0.6) is 0 Å². The molecule has 2 aliphatic rings. The summed E-state index contributed by atoms with van der Waals surface area (Å²) in [5, 5.41) is 8.18. The van der Waals surface area contributed by atoms with Crippen molar-refractivity contribution < 1.29 is 4.79 Å². The highest BCUT2D eigenvalue weighted by Crippen LogP contribution is 2.31. The van der Waals surface area contributed by atoms with Crippen molar-refractivity contribution in [2.24, 2.45) is 0 Å². The third kappa shape index (κ3) is 4.47. The molecule has 1 aromatic heterocycles. The van der Waals surface area contributed by atoms with E-state index in [9.17, 15) is 4.79 Å². The Labute approximate surface area is 202 Å². The van der Waals surface area contributed by atoms with Gasteiger partial charge < -0.3 is 15.1 Å². The third-order valence-electron chi connectivity index (χ3n) is 7.30. The van der Waals surface area contributed by atoms with Crippen LogP contribution in [0.1, 0.15) is 51.5 Å². The van der Waals surface area contributed by atoms with Crippen molar-refractivity contribution >= 4 is 11.6 Å². The van der Waals surface area contributed by atoms with E-state index in [1.54, 1.807) is 6.20 Å². The van der Waals surface area contributed by atoms with Gasteiger partial charge >= 0.3 is 0 Å². The molecule has 0 radical (unpaired) electrons. The van der Waals surface area contributed by atoms with Gasteiger partial charge in [0.05, 0.1) is 23.1 Å². The molecule has 34 heavy (non-hydrogen) atoms. The van der Waals surface area contributed by atoms with Crippen LogP contribution in [0.15, 0.2) is 48.7 Å². The second-order valence-corrected chi connectivity index (χ2v) is 9.78. The molecule has 0 saturated carbocycles. The van der Waals surface area contributed by atoms with E-state index < -0.39 is 0 Å². The Kier molecular flexibility index (Phi) is 6.42. The molecule has 0 atom stereocenters. The largest absolute Gasteiger partial charge is 0.368 e. The zero-order chi connectivity index (χ0) is 23.7. The molecule has 0 spiro atoms. The number of aromatic nitrogens is 2. The van der Waals surface area contributed by atoms with Crippen LogP contribution in [0.4, 0.5) is 5.69 Å². The Morgan fingerprint density at radius 1 is 0.912 bits per heavy atom. The molecule has 6 heteroatoms. The number of benzene rings is 2. The van der Waals surface area contributed by atoms with Crippen molar-refractivity contribution in [2.75, 3.05) is 44.2 Å². The highest BCUT2D eigenvalue weighted by Gasteiger charge is 2.31. The van der Waals surface area contributed by atoms with Crippen molar-refractivity contribution in [1.29, 1.82) is 0 Å². The van der Waals surface area contributed by atoms with Gasteiger partial charge in [0, 0.05) is 37.8 Å². The van der Waals surface area contributed by atoms with Gasteiger partial charge in [-0.05, 0) is 70.5 Å². The summed E-state index contributed by atoms with van der Waals surface area (Å²) in [4.78, 5) is 18.2. The minimum absolute atomic E-state index is 0.118. The van der Waals surface area contributed by atoms with E-state index in [1.165, 1.54) is 22.4 Å². The van der Waals surface area contributed by atoms with Gasteiger partial charge in [-0.15, -0.1) is 0 Å². The first-order chi connectivity index (χ1) is 16.5. The van der Waals surface area contributed by atoms with Gasteiger partial charge in [0.1, 0.15) is 0 Å². The minimum atomic E-state index is 0.118. The summed E-state index contributed by atoms with van der Waals surface area (Å²) >= 11 is 0. The van der Waals surface area contributed by atoms with E-state index in [1.807, 2.05) is 9.58 Å². The highest BCUT2D eigenvalue weighted by molar-refractivity contribution is 5.95. The number of nitrogens with one attached hydrogen (secondary N) is 1. The number of hydrogen-bond donors (Lipinski definition) is 1. The molecule has 2 aromatic carbocycles. The zero-order valence-corrected chi connectivity index (χ0v) is 20.6. The van der Waals surface area contributed by atoms with Crippen LogP contribution in [0.25, 0.3) is 5.69 Å². The standard InChI is InChI=1S/C28H35N5O/c1-20-4-7-24(8-5-20)33-27(23-10-12-29-13-11-23)25(19-30-33)28(34)32-16-14-31(15-17-32)26-9-6-21(2)18-22(26)3/h4-9,18-19,23,29H,10-17H2,1-3H3. The molecular weight excluding hydrogens is 422 g/mol. The van der Waals surface area contributed by atoms with Gasteiger partial charge in [0.2, 0.25) is 0 Å². The lowest BCUT2D eigenvalue weighted by Gasteiger charge is -2.37. The molecule has 2 fully saturated rings. The molecule has 5 rings (SSSR count). The molecular formula is C28H35N5O. The number of aryl methyl sites for hydroxylation is 3. The molecule has 178 valence electrons. The summed E-state index contributed by atoms with van der Waals surface area (Å²) < 4.78 is 2.01. The lowest BCUT2D eigenvalue weighted by Crippen LogP contribution is -2.49. The number of amides is 1. The van der Waals surface area contributed by atoms with Crippen LogP contribution >= 0.6 is 0 Å². The molecule has 1 amide bonds. The van der Waals surface area contributed by atoms with Crippen molar-refractivity contribution in [1.82, 2.24) is 20.0 Å². The van der Waals surface area contributed by atoms with E-state index in [0.29, 0.717) is 5.92 Å². The third-order valence-corrected chi connectivity index (χ3v) is 7.30. The van der Waals surface area contributed by atoms with Crippen LogP contribution in [0.3, 0.4) is 0 Å². The number of hydrogen-bond acceptors (Lipinski definition) is 4. The molecule has 0 bridgehead atoms. The van der Waals surface area contributed by atoms with Gasteiger partial charge in [-0.1, -0.05) is 35.4 Å². The van der Waals surface area contributed by atoms with Crippen LogP contribution in [0.2, 0.25) is 0 Å². The Morgan fingerprint density at radius 3 is 2.26 bits per heavy atom. The fraction of sp³-hybridized carbons (Fsp3) is 0.429. The maximum atomic E-state index is 13.8. The first-order valence-corrected chi connectivity index (χ1v) is 12.5. The normalized spacial score (nSPS) is 17.3. The van der Waals surface area contributed by atoms with Crippen LogP contribution in [-0.2, 0) is 0 Å². The number of carbonyl (C=O) groups excluding carboxylic acids is 1. The van der Waals surface area contributed by atoms with E-state index in [-0.39, 0.29) is 5.91 Å². The second kappa shape index (κ2) is 9.63. The van der Waals surface area contributed by atoms with Crippen molar-refractivity contribution in [3.8, 4) is 5.69 Å². The lowest BCUT2D eigenvalue weighted by molar-refractivity contribution is 0.0744. The van der Waals surface area contributed by atoms with Crippen LogP contribution < -0.4 is 10.2 Å². The summed E-state index contributed by atoms with van der Waals surface area (Å²) in [6.07, 6.45) is 3.85. The number of rotatable bonds is 4. The minimum Gasteiger partial charge on any atom is -0.368 e. The summed E-state index contributed by atoms with van der Waals surface area (Å²) in [5.74, 6) is 0.452. The average Bonchev–Trinajstić information content (AvgIpc) is 3.30. The van der Waals surface area contributed by atoms with Crippen molar-refractivity contribution in [3.05, 3.63) is 76.6 Å². The fourth-order valence-corrected chi connectivity index (χ4v) is 5.38. The van der Waals surface area contributed by atoms with Gasteiger partial charge in [-0.25, -0.2) is 4.68 Å². The summed E-state index contributed by atoms with van der Waals surface area (Å²) in [6, 6.07) is 15.0. The van der Waals surface area contributed by atoms with E-state index in [4.69, 9.17) is 5.10 Å². The molecule has 3 aromatic rings. The molecule has 3 heterocycles. The topological polar surface area (TPSA) is 53.4 Å². The molecule has 2 saturated heterocycles. The SMILES string of the molecule is Cc1ccc(-n2ncc(C(=O)N3CCN(c4ccc(C)cc4C)CC3)c2C2CCNCC2)cc1. The van der Waals surface area contributed by atoms with Crippen molar-refractivity contribution in [3.63, 3.8) is 0 Å². The Hall–Kier alpha value is -3.12. The van der Waals surface area contributed by atoms with Crippen molar-refractivity contribution in [2.45, 2.75) is 39.5 Å². The monoisotopic (exact) mass is 457 g/mol. The number of nitrogens with zero attached hydrogens (tertiary/aromatic N) is 4. The number of carbonyl (C=O) groups is 1. The summed E-state index contributed by atoms with van der Waals surface area (Å²) in [5.41, 5.74) is 7.95. The first-order valence-electron chi connectivity index (χ1n) is 12.5. The molecule has 6 nitrogen and oxygen atoms in total. The highest BCUT2D eigenvalue weighted by atomic mass is 16.2. The molecule has 1 N–H and O–H groups in total. The van der Waals surface area contributed by atoms with Gasteiger partial charge in [-0.2, -0.15) is 5.10 Å². The number of anilines is 1. The molecule has 0 aliphatic carbocycles. The Balaban J connectivity index is 1.39. The first kappa shape index (κ1) is 22.7. The lowest BCUT2D eigenvalue weighted by atomic mass is 9.91. The summed E-state index contributed by atoms with van der Waals surface area (Å²) in [6.45, 7) is 11.5. The predicted octanol–water partition coefficient (Wildman–Crippen LogP) is 4.23. The number of piperazine rings is 1. The molecule has 0 unspecified atom stereocenters. The summed E-state index contributed by atoms with van der Waals surface area (Å²) in [7, 11) is 0. The Bertz CT molecular complexity index is 1150. The van der Waals surface area contributed by atoms with E-state index >= 15 is 0 Å². The average molecular weight is 458 g/mol. The molecule has 2 aliphatic heterocycles.